The summed E-state index contributed by atoms with van der Waals surface area (Å²) in [6.07, 6.45) is 0.00383. The lowest BCUT2D eigenvalue weighted by molar-refractivity contribution is -0.139. The standard InChI is InChI=1S/C11H20N2O5/c1-2-3-4-7(10(16)17)12-11(18)13-5-8(14)9(15)6-13/h7-9,14-15H,2-6H2,1H3,(H,12,18)(H,16,17)/t7-,8?,9?/m0/s1. The fourth-order valence-corrected chi connectivity index (χ4v) is 1.84. The summed E-state index contributed by atoms with van der Waals surface area (Å²) in [5, 5.41) is 30.0. The Bertz CT molecular complexity index is 300. The van der Waals surface area contributed by atoms with E-state index in [4.69, 9.17) is 5.11 Å². The van der Waals surface area contributed by atoms with E-state index in [1.807, 2.05) is 6.92 Å². The summed E-state index contributed by atoms with van der Waals surface area (Å²) in [6, 6.07) is -1.48. The SMILES string of the molecule is CCCC[C@H](NC(=O)N1CC(O)C(O)C1)C(=O)O. The van der Waals surface area contributed by atoms with Gasteiger partial charge in [0.15, 0.2) is 0 Å². The topological polar surface area (TPSA) is 110 Å². The van der Waals surface area contributed by atoms with Gasteiger partial charge in [-0.3, -0.25) is 0 Å². The van der Waals surface area contributed by atoms with Crippen LogP contribution in [0.3, 0.4) is 0 Å². The van der Waals surface area contributed by atoms with Crippen molar-refractivity contribution in [2.24, 2.45) is 0 Å². The molecular weight excluding hydrogens is 240 g/mol. The lowest BCUT2D eigenvalue weighted by atomic mass is 10.1. The number of aliphatic carboxylic acids is 1. The first-order valence-electron chi connectivity index (χ1n) is 6.10. The maximum absolute atomic E-state index is 11.7. The molecule has 1 saturated heterocycles. The van der Waals surface area contributed by atoms with Crippen LogP contribution in [-0.2, 0) is 4.79 Å². The van der Waals surface area contributed by atoms with Crippen LogP contribution >= 0.6 is 0 Å². The van der Waals surface area contributed by atoms with Crippen molar-refractivity contribution in [2.75, 3.05) is 13.1 Å². The molecule has 1 aliphatic heterocycles. The summed E-state index contributed by atoms with van der Waals surface area (Å²) in [6.45, 7) is 1.98. The minimum absolute atomic E-state index is 0.0209. The van der Waals surface area contributed by atoms with E-state index < -0.39 is 30.3 Å². The Kier molecular flexibility index (Phi) is 5.36. The van der Waals surface area contributed by atoms with E-state index in [0.29, 0.717) is 12.8 Å². The van der Waals surface area contributed by atoms with Gasteiger partial charge in [0.2, 0.25) is 0 Å². The first-order chi connectivity index (χ1) is 8.45. The van der Waals surface area contributed by atoms with Gasteiger partial charge in [0, 0.05) is 0 Å². The van der Waals surface area contributed by atoms with Gasteiger partial charge >= 0.3 is 12.0 Å². The maximum atomic E-state index is 11.7. The molecule has 2 unspecified atom stereocenters. The molecule has 18 heavy (non-hydrogen) atoms. The number of amides is 2. The summed E-state index contributed by atoms with van der Waals surface area (Å²) in [4.78, 5) is 23.9. The van der Waals surface area contributed by atoms with Crippen molar-refractivity contribution in [3.8, 4) is 0 Å². The van der Waals surface area contributed by atoms with Gasteiger partial charge in [-0.15, -0.1) is 0 Å². The van der Waals surface area contributed by atoms with Crippen molar-refractivity contribution in [3.63, 3.8) is 0 Å². The highest BCUT2D eigenvalue weighted by molar-refractivity contribution is 5.82. The molecule has 0 saturated carbocycles. The van der Waals surface area contributed by atoms with Gasteiger partial charge in [0.25, 0.3) is 0 Å². The number of urea groups is 1. The molecule has 7 heteroatoms. The third-order valence-electron chi connectivity index (χ3n) is 2.99. The molecule has 0 aromatic carbocycles. The summed E-state index contributed by atoms with van der Waals surface area (Å²) >= 11 is 0. The van der Waals surface area contributed by atoms with E-state index in [9.17, 15) is 19.8 Å². The second-order valence-electron chi connectivity index (χ2n) is 4.52. The van der Waals surface area contributed by atoms with E-state index in [1.54, 1.807) is 0 Å². The average molecular weight is 260 g/mol. The predicted molar refractivity (Wildman–Crippen MR) is 63.1 cm³/mol. The number of hydrogen-bond acceptors (Lipinski definition) is 4. The number of carboxylic acids is 1. The Morgan fingerprint density at radius 2 is 1.89 bits per heavy atom. The number of carbonyl (C=O) groups excluding carboxylic acids is 1. The Balaban J connectivity index is 2.48. The Hall–Kier alpha value is -1.34. The number of nitrogens with zero attached hydrogens (tertiary/aromatic N) is 1. The molecule has 4 N–H and O–H groups in total. The lowest BCUT2D eigenvalue weighted by Crippen LogP contribution is -2.47. The summed E-state index contributed by atoms with van der Waals surface area (Å²) in [5.74, 6) is -1.07. The molecule has 1 heterocycles. The Labute approximate surface area is 105 Å². The number of aliphatic hydroxyl groups is 2. The van der Waals surface area contributed by atoms with Crippen LogP contribution in [0.5, 0.6) is 0 Å². The van der Waals surface area contributed by atoms with Gasteiger partial charge < -0.3 is 25.5 Å². The maximum Gasteiger partial charge on any atom is 0.326 e. The van der Waals surface area contributed by atoms with Crippen LogP contribution in [0.1, 0.15) is 26.2 Å². The van der Waals surface area contributed by atoms with E-state index in [1.165, 1.54) is 4.90 Å². The number of β-amino-alcohol motifs (C(OH)–C–C–N with tert-alkyl or cyclic N) is 2. The first-order valence-corrected chi connectivity index (χ1v) is 6.10. The number of carboxylic acid groups (broad SMARTS) is 1. The first kappa shape index (κ1) is 14.7. The van der Waals surface area contributed by atoms with Crippen LogP contribution in [0.15, 0.2) is 0 Å². The highest BCUT2D eigenvalue weighted by Crippen LogP contribution is 2.10. The van der Waals surface area contributed by atoms with Crippen LogP contribution in [-0.4, -0.2) is 63.6 Å². The number of likely N-dealkylation sites (tertiary alicyclic amines) is 1. The molecule has 0 spiro atoms. The van der Waals surface area contributed by atoms with E-state index in [0.717, 1.165) is 6.42 Å². The van der Waals surface area contributed by atoms with Crippen molar-refractivity contribution < 1.29 is 24.9 Å². The molecule has 3 atom stereocenters. The number of aliphatic hydroxyl groups excluding tert-OH is 2. The van der Waals surface area contributed by atoms with Crippen molar-refractivity contribution >= 4 is 12.0 Å². The zero-order valence-electron chi connectivity index (χ0n) is 10.4. The molecule has 2 amide bonds. The van der Waals surface area contributed by atoms with Crippen LogP contribution < -0.4 is 5.32 Å². The normalized spacial score (nSPS) is 24.9. The van der Waals surface area contributed by atoms with Gasteiger partial charge in [-0.25, -0.2) is 9.59 Å². The van der Waals surface area contributed by atoms with Crippen LogP contribution in [0.4, 0.5) is 4.79 Å². The molecule has 1 rings (SSSR count). The molecule has 1 fully saturated rings. The summed E-state index contributed by atoms with van der Waals surface area (Å²) in [5.41, 5.74) is 0. The van der Waals surface area contributed by atoms with Gasteiger partial charge in [-0.05, 0) is 6.42 Å². The van der Waals surface area contributed by atoms with Crippen molar-refractivity contribution in [3.05, 3.63) is 0 Å². The average Bonchev–Trinajstić information content (AvgIpc) is 2.64. The molecule has 0 bridgehead atoms. The van der Waals surface area contributed by atoms with E-state index in [2.05, 4.69) is 5.32 Å². The van der Waals surface area contributed by atoms with E-state index in [-0.39, 0.29) is 13.1 Å². The highest BCUT2D eigenvalue weighted by Gasteiger charge is 2.33. The van der Waals surface area contributed by atoms with Crippen LogP contribution in [0, 0.1) is 0 Å². The molecule has 0 aromatic heterocycles. The molecule has 7 nitrogen and oxygen atoms in total. The lowest BCUT2D eigenvalue weighted by Gasteiger charge is -2.20. The Morgan fingerprint density at radius 3 is 2.33 bits per heavy atom. The molecular formula is C11H20N2O5. The molecule has 0 radical (unpaired) electrons. The summed E-state index contributed by atoms with van der Waals surface area (Å²) < 4.78 is 0. The van der Waals surface area contributed by atoms with Crippen molar-refractivity contribution in [1.29, 1.82) is 0 Å². The van der Waals surface area contributed by atoms with Gasteiger partial charge in [0.05, 0.1) is 25.3 Å². The smallest absolute Gasteiger partial charge is 0.326 e. The fourth-order valence-electron chi connectivity index (χ4n) is 1.84. The molecule has 0 aromatic rings. The monoisotopic (exact) mass is 260 g/mol. The molecule has 104 valence electrons. The number of unbranched alkanes of at least 4 members (excludes halogenated alkanes) is 1. The minimum atomic E-state index is -1.07. The van der Waals surface area contributed by atoms with Crippen LogP contribution in [0.2, 0.25) is 0 Å². The molecule has 0 aliphatic carbocycles. The van der Waals surface area contributed by atoms with Crippen molar-refractivity contribution in [1.82, 2.24) is 10.2 Å². The zero-order chi connectivity index (χ0) is 13.7. The quantitative estimate of drug-likeness (QED) is 0.526. The second-order valence-corrected chi connectivity index (χ2v) is 4.52. The highest BCUT2D eigenvalue weighted by atomic mass is 16.4. The zero-order valence-corrected chi connectivity index (χ0v) is 10.4. The largest absolute Gasteiger partial charge is 0.480 e. The van der Waals surface area contributed by atoms with Gasteiger partial charge in [-0.2, -0.15) is 0 Å². The molecule has 1 aliphatic rings. The number of rotatable bonds is 5. The van der Waals surface area contributed by atoms with Crippen LogP contribution in [0.25, 0.3) is 0 Å². The van der Waals surface area contributed by atoms with E-state index >= 15 is 0 Å². The Morgan fingerprint density at radius 1 is 1.33 bits per heavy atom. The predicted octanol–water partition coefficient (Wildman–Crippen LogP) is -0.623. The third-order valence-corrected chi connectivity index (χ3v) is 2.99. The minimum Gasteiger partial charge on any atom is -0.480 e. The number of nitrogens with one attached hydrogen (secondary N) is 1. The van der Waals surface area contributed by atoms with Gasteiger partial charge in [0.1, 0.15) is 6.04 Å². The van der Waals surface area contributed by atoms with Crippen molar-refractivity contribution in [2.45, 2.75) is 44.4 Å². The number of hydrogen-bond donors (Lipinski definition) is 4. The third kappa shape index (κ3) is 3.85. The summed E-state index contributed by atoms with van der Waals surface area (Å²) in [7, 11) is 0. The fraction of sp³-hybridized carbons (Fsp3) is 0.818. The number of carbonyl (C=O) groups is 2. The van der Waals surface area contributed by atoms with Gasteiger partial charge in [-0.1, -0.05) is 19.8 Å². The second kappa shape index (κ2) is 6.55.